The molecule has 2 aromatic carbocycles. The predicted molar refractivity (Wildman–Crippen MR) is 91.5 cm³/mol. The van der Waals surface area contributed by atoms with Crippen molar-refractivity contribution in [3.05, 3.63) is 64.1 Å². The summed E-state index contributed by atoms with van der Waals surface area (Å²) in [7, 11) is 0. The minimum atomic E-state index is -0.129. The average molecular weight is 346 g/mol. The Kier molecular flexibility index (Phi) is 5.18. The van der Waals surface area contributed by atoms with Crippen LogP contribution < -0.4 is 5.73 Å². The Morgan fingerprint density at radius 1 is 1.19 bits per heavy atom. The maximum atomic E-state index is 13.0. The van der Waals surface area contributed by atoms with Crippen LogP contribution >= 0.6 is 15.9 Å². The van der Waals surface area contributed by atoms with Gasteiger partial charge in [0.15, 0.2) is 5.78 Å². The summed E-state index contributed by atoms with van der Waals surface area (Å²) in [5.41, 5.74) is 8.17. The van der Waals surface area contributed by atoms with Gasteiger partial charge in [-0.25, -0.2) is 0 Å². The molecule has 0 aliphatic rings. The van der Waals surface area contributed by atoms with E-state index in [2.05, 4.69) is 29.8 Å². The number of Topliss-reactive ketones (excluding diaryl/α,β-unsaturated/α-hetero) is 1. The number of carbonyl (C=O) groups excluding carboxylic acids is 1. The Labute approximate surface area is 134 Å². The molecule has 0 aromatic heterocycles. The number of anilines is 1. The van der Waals surface area contributed by atoms with Gasteiger partial charge in [-0.3, -0.25) is 4.79 Å². The molecule has 2 unspecified atom stereocenters. The molecule has 0 saturated carbocycles. The molecule has 3 heteroatoms. The van der Waals surface area contributed by atoms with Gasteiger partial charge in [-0.05, 0) is 45.6 Å². The smallest absolute Gasteiger partial charge is 0.171 e. The molecule has 0 radical (unpaired) electrons. The van der Waals surface area contributed by atoms with Crippen LogP contribution in [-0.2, 0) is 0 Å². The third kappa shape index (κ3) is 3.53. The van der Waals surface area contributed by atoms with E-state index in [1.165, 1.54) is 0 Å². The van der Waals surface area contributed by atoms with E-state index in [-0.39, 0.29) is 17.6 Å². The lowest BCUT2D eigenvalue weighted by molar-refractivity contribution is 0.0931. The summed E-state index contributed by atoms with van der Waals surface area (Å²) in [6.07, 6.45) is 0.956. The number of hydrogen-bond donors (Lipinski definition) is 1. The van der Waals surface area contributed by atoms with Gasteiger partial charge >= 0.3 is 0 Å². The summed E-state index contributed by atoms with van der Waals surface area (Å²) in [5.74, 6) is 0.294. The second kappa shape index (κ2) is 6.90. The minimum absolute atomic E-state index is 0.129. The minimum Gasteiger partial charge on any atom is -0.399 e. The molecule has 2 aromatic rings. The molecule has 0 heterocycles. The van der Waals surface area contributed by atoms with E-state index in [0.717, 1.165) is 16.5 Å². The number of hydrogen-bond acceptors (Lipinski definition) is 2. The molecule has 0 fully saturated rings. The zero-order chi connectivity index (χ0) is 15.4. The van der Waals surface area contributed by atoms with Crippen molar-refractivity contribution in [2.24, 2.45) is 5.92 Å². The maximum Gasteiger partial charge on any atom is 0.171 e. The maximum absolute atomic E-state index is 13.0. The van der Waals surface area contributed by atoms with Crippen molar-refractivity contribution in [1.29, 1.82) is 0 Å². The van der Waals surface area contributed by atoms with Crippen molar-refractivity contribution >= 4 is 27.4 Å². The van der Waals surface area contributed by atoms with Crippen LogP contribution in [0, 0.1) is 5.92 Å². The highest BCUT2D eigenvalue weighted by molar-refractivity contribution is 9.10. The van der Waals surface area contributed by atoms with E-state index >= 15 is 0 Å². The van der Waals surface area contributed by atoms with Crippen LogP contribution in [0.4, 0.5) is 5.69 Å². The summed E-state index contributed by atoms with van der Waals surface area (Å²) in [6.45, 7) is 4.24. The molecule has 0 aliphatic heterocycles. The Morgan fingerprint density at radius 3 is 2.43 bits per heavy atom. The standard InChI is InChI=1S/C18H20BrNO/c1-3-12(2)17(13-7-5-4-6-8-13)18(21)15-10-9-14(20)11-16(15)19/h4-12,17H,3,20H2,1-2H3. The molecular weight excluding hydrogens is 326 g/mol. The number of ketones is 1. The van der Waals surface area contributed by atoms with Crippen LogP contribution in [0.15, 0.2) is 53.0 Å². The van der Waals surface area contributed by atoms with Crippen molar-refractivity contribution in [3.8, 4) is 0 Å². The molecule has 2 nitrogen and oxygen atoms in total. The summed E-state index contributed by atoms with van der Waals surface area (Å²) < 4.78 is 0.761. The zero-order valence-electron chi connectivity index (χ0n) is 12.3. The van der Waals surface area contributed by atoms with E-state index in [9.17, 15) is 4.79 Å². The second-order valence-corrected chi connectivity index (χ2v) is 6.23. The average Bonchev–Trinajstić information content (AvgIpc) is 2.48. The largest absolute Gasteiger partial charge is 0.399 e. The van der Waals surface area contributed by atoms with Crippen molar-refractivity contribution < 1.29 is 4.79 Å². The van der Waals surface area contributed by atoms with Crippen molar-refractivity contribution in [1.82, 2.24) is 0 Å². The second-order valence-electron chi connectivity index (χ2n) is 5.38. The molecule has 0 bridgehead atoms. The van der Waals surface area contributed by atoms with Crippen LogP contribution in [0.2, 0.25) is 0 Å². The van der Waals surface area contributed by atoms with Crippen molar-refractivity contribution in [2.75, 3.05) is 5.73 Å². The normalized spacial score (nSPS) is 13.7. The molecule has 0 aliphatic carbocycles. The molecule has 21 heavy (non-hydrogen) atoms. The molecule has 0 spiro atoms. The first kappa shape index (κ1) is 15.8. The van der Waals surface area contributed by atoms with E-state index in [4.69, 9.17) is 5.73 Å². The lowest BCUT2D eigenvalue weighted by atomic mass is 9.80. The highest BCUT2D eigenvalue weighted by Gasteiger charge is 2.27. The molecule has 2 rings (SSSR count). The fraction of sp³-hybridized carbons (Fsp3) is 0.278. The number of nitrogen functional groups attached to an aromatic ring is 1. The lowest BCUT2D eigenvalue weighted by Gasteiger charge is -2.23. The van der Waals surface area contributed by atoms with Crippen molar-refractivity contribution in [2.45, 2.75) is 26.2 Å². The van der Waals surface area contributed by atoms with Gasteiger partial charge in [0.05, 0.1) is 0 Å². The Hall–Kier alpha value is -1.61. The van der Waals surface area contributed by atoms with Crippen LogP contribution in [0.3, 0.4) is 0 Å². The predicted octanol–water partition coefficient (Wildman–Crippen LogP) is 5.04. The third-order valence-corrected chi connectivity index (χ3v) is 4.57. The topological polar surface area (TPSA) is 43.1 Å². The van der Waals surface area contributed by atoms with Gasteiger partial charge in [0.1, 0.15) is 0 Å². The highest BCUT2D eigenvalue weighted by atomic mass is 79.9. The van der Waals surface area contributed by atoms with Crippen LogP contribution in [0.25, 0.3) is 0 Å². The quantitative estimate of drug-likeness (QED) is 0.608. The summed E-state index contributed by atoms with van der Waals surface area (Å²) in [6, 6.07) is 15.4. The Balaban J connectivity index is 2.44. The van der Waals surface area contributed by atoms with Gasteiger partial charge in [0.2, 0.25) is 0 Å². The van der Waals surface area contributed by atoms with E-state index < -0.39 is 0 Å². The lowest BCUT2D eigenvalue weighted by Crippen LogP contribution is -2.20. The summed E-state index contributed by atoms with van der Waals surface area (Å²) in [5, 5.41) is 0. The van der Waals surface area contributed by atoms with Gasteiger partial charge in [-0.1, -0.05) is 50.6 Å². The van der Waals surface area contributed by atoms with Gasteiger partial charge in [0, 0.05) is 21.6 Å². The van der Waals surface area contributed by atoms with E-state index in [1.807, 2.05) is 30.3 Å². The van der Waals surface area contributed by atoms with Crippen LogP contribution in [0.1, 0.15) is 42.1 Å². The van der Waals surface area contributed by atoms with Gasteiger partial charge in [-0.15, -0.1) is 0 Å². The Morgan fingerprint density at radius 2 is 1.86 bits per heavy atom. The number of halogens is 1. The molecule has 2 atom stereocenters. The molecule has 110 valence electrons. The number of nitrogens with two attached hydrogens (primary N) is 1. The summed E-state index contributed by atoms with van der Waals surface area (Å²) >= 11 is 3.46. The molecule has 0 amide bonds. The van der Waals surface area contributed by atoms with Crippen molar-refractivity contribution in [3.63, 3.8) is 0 Å². The molecule has 2 N–H and O–H groups in total. The van der Waals surface area contributed by atoms with Gasteiger partial charge in [0.25, 0.3) is 0 Å². The summed E-state index contributed by atoms with van der Waals surface area (Å²) in [4.78, 5) is 13.0. The van der Waals surface area contributed by atoms with Gasteiger partial charge < -0.3 is 5.73 Å². The molecule has 0 saturated heterocycles. The first-order chi connectivity index (χ1) is 10.0. The van der Waals surface area contributed by atoms with E-state index in [1.54, 1.807) is 18.2 Å². The number of carbonyl (C=O) groups is 1. The molecular formula is C18H20BrNO. The van der Waals surface area contributed by atoms with Gasteiger partial charge in [-0.2, -0.15) is 0 Å². The number of benzene rings is 2. The third-order valence-electron chi connectivity index (χ3n) is 3.91. The zero-order valence-corrected chi connectivity index (χ0v) is 13.9. The first-order valence-electron chi connectivity index (χ1n) is 7.18. The Bertz CT molecular complexity index is 624. The fourth-order valence-electron chi connectivity index (χ4n) is 2.53. The first-order valence-corrected chi connectivity index (χ1v) is 7.98. The highest BCUT2D eigenvalue weighted by Crippen LogP contribution is 2.33. The SMILES string of the molecule is CCC(C)C(C(=O)c1ccc(N)cc1Br)c1ccccc1. The monoisotopic (exact) mass is 345 g/mol. The van der Waals surface area contributed by atoms with Crippen LogP contribution in [0.5, 0.6) is 0 Å². The van der Waals surface area contributed by atoms with E-state index in [0.29, 0.717) is 11.3 Å². The van der Waals surface area contributed by atoms with Crippen LogP contribution in [-0.4, -0.2) is 5.78 Å². The fourth-order valence-corrected chi connectivity index (χ4v) is 3.13. The number of rotatable bonds is 5.